The number of carbonyl (C=O) groups is 2. The third kappa shape index (κ3) is 4.50. The van der Waals surface area contributed by atoms with Crippen molar-refractivity contribution in [3.05, 3.63) is 15.6 Å². The summed E-state index contributed by atoms with van der Waals surface area (Å²) in [4.78, 5) is 28.7. The van der Waals surface area contributed by atoms with Gasteiger partial charge < -0.3 is 10.1 Å². The number of ether oxygens (including phenoxy) is 1. The summed E-state index contributed by atoms with van der Waals surface area (Å²) in [7, 11) is 1.32. The molecule has 1 rings (SSSR count). The second-order valence-electron chi connectivity index (χ2n) is 3.97. The van der Waals surface area contributed by atoms with Crippen molar-refractivity contribution in [2.24, 2.45) is 0 Å². The minimum atomic E-state index is -0.619. The fourth-order valence-corrected chi connectivity index (χ4v) is 2.88. The van der Waals surface area contributed by atoms with Crippen LogP contribution in [0.1, 0.15) is 26.8 Å². The molecule has 1 atom stereocenters. The van der Waals surface area contributed by atoms with Gasteiger partial charge in [-0.15, -0.1) is 11.3 Å². The molecule has 19 heavy (non-hydrogen) atoms. The van der Waals surface area contributed by atoms with Crippen molar-refractivity contribution >= 4 is 35.0 Å². The fraction of sp³-hybridized carbons (Fsp3) is 0.583. The van der Waals surface area contributed by atoms with Crippen LogP contribution in [0, 0.1) is 13.8 Å². The van der Waals surface area contributed by atoms with Crippen LogP contribution in [-0.4, -0.2) is 42.0 Å². The van der Waals surface area contributed by atoms with Crippen LogP contribution in [0.3, 0.4) is 0 Å². The largest absolute Gasteiger partial charge is 0.467 e. The molecule has 0 fully saturated rings. The molecule has 7 heteroatoms. The van der Waals surface area contributed by atoms with Gasteiger partial charge in [0.25, 0.3) is 5.91 Å². The normalized spacial score (nSPS) is 12.0. The van der Waals surface area contributed by atoms with Gasteiger partial charge in [-0.3, -0.25) is 4.79 Å². The van der Waals surface area contributed by atoms with Crippen molar-refractivity contribution < 1.29 is 14.3 Å². The van der Waals surface area contributed by atoms with E-state index in [1.807, 2.05) is 20.1 Å². The Balaban J connectivity index is 2.75. The summed E-state index contributed by atoms with van der Waals surface area (Å²) in [6.07, 6.45) is 2.49. The standard InChI is InChI=1S/C12H18N2O3S2/c1-7-10(13-8(2)19-7)11(15)14-9(5-6-18-4)12(16)17-3/h9H,5-6H2,1-4H3,(H,14,15)/t9-/m1/s1. The van der Waals surface area contributed by atoms with E-state index in [1.165, 1.54) is 18.4 Å². The second-order valence-corrected chi connectivity index (χ2v) is 6.36. The van der Waals surface area contributed by atoms with E-state index in [4.69, 9.17) is 4.74 Å². The van der Waals surface area contributed by atoms with Gasteiger partial charge in [-0.1, -0.05) is 0 Å². The first kappa shape index (κ1) is 16.0. The minimum absolute atomic E-state index is 0.321. The van der Waals surface area contributed by atoms with Crippen LogP contribution in [-0.2, 0) is 9.53 Å². The number of aryl methyl sites for hydroxylation is 2. The van der Waals surface area contributed by atoms with E-state index in [9.17, 15) is 9.59 Å². The minimum Gasteiger partial charge on any atom is -0.467 e. The van der Waals surface area contributed by atoms with Gasteiger partial charge in [0.15, 0.2) is 0 Å². The Morgan fingerprint density at radius 1 is 1.47 bits per heavy atom. The van der Waals surface area contributed by atoms with Gasteiger partial charge in [-0.25, -0.2) is 9.78 Å². The van der Waals surface area contributed by atoms with Crippen LogP contribution in [0.4, 0.5) is 0 Å². The average molecular weight is 302 g/mol. The first-order chi connectivity index (χ1) is 8.99. The number of nitrogens with zero attached hydrogens (tertiary/aromatic N) is 1. The zero-order chi connectivity index (χ0) is 14.4. The Labute approximate surface area is 121 Å². The van der Waals surface area contributed by atoms with Crippen molar-refractivity contribution in [2.75, 3.05) is 19.1 Å². The van der Waals surface area contributed by atoms with Crippen molar-refractivity contribution in [3.63, 3.8) is 0 Å². The highest BCUT2D eigenvalue weighted by atomic mass is 32.2. The van der Waals surface area contributed by atoms with Crippen LogP contribution in [0.5, 0.6) is 0 Å². The fourth-order valence-electron chi connectivity index (χ4n) is 1.59. The highest BCUT2D eigenvalue weighted by Gasteiger charge is 2.23. The number of thioether (sulfide) groups is 1. The summed E-state index contributed by atoms with van der Waals surface area (Å²) in [5.74, 6) is 0.0279. The summed E-state index contributed by atoms with van der Waals surface area (Å²) in [5.41, 5.74) is 0.389. The van der Waals surface area contributed by atoms with Crippen LogP contribution in [0.2, 0.25) is 0 Å². The number of nitrogens with one attached hydrogen (secondary N) is 1. The van der Waals surface area contributed by atoms with Crippen molar-refractivity contribution in [1.82, 2.24) is 10.3 Å². The molecular weight excluding hydrogens is 284 g/mol. The molecule has 1 heterocycles. The van der Waals surface area contributed by atoms with Crippen molar-refractivity contribution in [2.45, 2.75) is 26.3 Å². The predicted molar refractivity (Wildman–Crippen MR) is 77.9 cm³/mol. The van der Waals surface area contributed by atoms with Gasteiger partial charge in [-0.05, 0) is 32.3 Å². The SMILES string of the molecule is COC(=O)[C@@H](CCSC)NC(=O)c1nc(C)sc1C. The van der Waals surface area contributed by atoms with Gasteiger partial charge in [0, 0.05) is 4.88 Å². The lowest BCUT2D eigenvalue weighted by Crippen LogP contribution is -2.42. The summed E-state index contributed by atoms with van der Waals surface area (Å²) in [6, 6.07) is -0.619. The Hall–Kier alpha value is -1.08. The van der Waals surface area contributed by atoms with E-state index >= 15 is 0 Å². The quantitative estimate of drug-likeness (QED) is 0.811. The van der Waals surface area contributed by atoms with Gasteiger partial charge in [0.05, 0.1) is 12.1 Å². The molecule has 1 aromatic rings. The third-order valence-corrected chi connectivity index (χ3v) is 4.05. The van der Waals surface area contributed by atoms with Gasteiger partial charge in [0.2, 0.25) is 0 Å². The zero-order valence-corrected chi connectivity index (χ0v) is 13.1. The van der Waals surface area contributed by atoms with Crippen LogP contribution < -0.4 is 5.32 Å². The number of hydrogen-bond donors (Lipinski definition) is 1. The summed E-state index contributed by atoms with van der Waals surface area (Å²) in [6.45, 7) is 3.69. The maximum absolute atomic E-state index is 12.1. The molecule has 0 bridgehead atoms. The highest BCUT2D eigenvalue weighted by molar-refractivity contribution is 7.98. The van der Waals surface area contributed by atoms with E-state index in [1.54, 1.807) is 11.8 Å². The predicted octanol–water partition coefficient (Wildman–Crippen LogP) is 1.78. The van der Waals surface area contributed by atoms with Crippen LogP contribution in [0.15, 0.2) is 0 Å². The lowest BCUT2D eigenvalue weighted by Gasteiger charge is -2.15. The van der Waals surface area contributed by atoms with Crippen molar-refractivity contribution in [1.29, 1.82) is 0 Å². The molecule has 0 aromatic carbocycles. The maximum atomic E-state index is 12.1. The van der Waals surface area contributed by atoms with E-state index < -0.39 is 12.0 Å². The van der Waals surface area contributed by atoms with Crippen LogP contribution in [0.25, 0.3) is 0 Å². The van der Waals surface area contributed by atoms with Gasteiger partial charge in [-0.2, -0.15) is 11.8 Å². The molecule has 0 radical (unpaired) electrons. The Morgan fingerprint density at radius 2 is 2.16 bits per heavy atom. The topological polar surface area (TPSA) is 68.3 Å². The number of esters is 1. The Kier molecular flexibility index (Phi) is 6.30. The second kappa shape index (κ2) is 7.49. The molecule has 1 N–H and O–H groups in total. The summed E-state index contributed by atoms with van der Waals surface area (Å²) in [5, 5.41) is 3.52. The number of carbonyl (C=O) groups excluding carboxylic acids is 2. The lowest BCUT2D eigenvalue weighted by molar-refractivity contribution is -0.142. The smallest absolute Gasteiger partial charge is 0.328 e. The third-order valence-electron chi connectivity index (χ3n) is 2.52. The summed E-state index contributed by atoms with van der Waals surface area (Å²) < 4.78 is 4.70. The molecular formula is C12H18N2O3S2. The Bertz CT molecular complexity index is 460. The highest BCUT2D eigenvalue weighted by Crippen LogP contribution is 2.16. The molecule has 0 saturated carbocycles. The molecule has 0 unspecified atom stereocenters. The maximum Gasteiger partial charge on any atom is 0.328 e. The first-order valence-electron chi connectivity index (χ1n) is 5.81. The molecule has 0 aliphatic carbocycles. The summed E-state index contributed by atoms with van der Waals surface area (Å²) >= 11 is 3.08. The number of aromatic nitrogens is 1. The van der Waals surface area contributed by atoms with Crippen LogP contribution >= 0.6 is 23.1 Å². The van der Waals surface area contributed by atoms with Crippen molar-refractivity contribution in [3.8, 4) is 0 Å². The molecule has 0 spiro atoms. The first-order valence-corrected chi connectivity index (χ1v) is 8.02. The molecule has 5 nitrogen and oxygen atoms in total. The lowest BCUT2D eigenvalue weighted by atomic mass is 10.2. The monoisotopic (exact) mass is 302 g/mol. The molecule has 106 valence electrons. The molecule has 0 saturated heterocycles. The number of thiazole rings is 1. The number of hydrogen-bond acceptors (Lipinski definition) is 6. The van der Waals surface area contributed by atoms with E-state index in [0.717, 1.165) is 15.6 Å². The molecule has 1 aromatic heterocycles. The number of amides is 1. The average Bonchev–Trinajstić information content (AvgIpc) is 2.72. The Morgan fingerprint density at radius 3 is 2.63 bits per heavy atom. The number of methoxy groups -OCH3 is 1. The van der Waals surface area contributed by atoms with Gasteiger partial charge >= 0.3 is 5.97 Å². The van der Waals surface area contributed by atoms with E-state index in [-0.39, 0.29) is 5.91 Å². The zero-order valence-electron chi connectivity index (χ0n) is 11.5. The molecule has 0 aliphatic heterocycles. The molecule has 0 aliphatic rings. The van der Waals surface area contributed by atoms with E-state index in [2.05, 4.69) is 10.3 Å². The molecule has 1 amide bonds. The van der Waals surface area contributed by atoms with E-state index in [0.29, 0.717) is 12.1 Å². The number of rotatable bonds is 6. The van der Waals surface area contributed by atoms with Gasteiger partial charge in [0.1, 0.15) is 11.7 Å².